The number of carbonyl (C=O) groups is 1. The summed E-state index contributed by atoms with van der Waals surface area (Å²) in [6.07, 6.45) is 0. The van der Waals surface area contributed by atoms with Crippen LogP contribution in [0.1, 0.15) is 21.5 Å². The molecule has 0 heterocycles. The number of carbonyl (C=O) groups excluding carboxylic acids is 1. The molecule has 2 aromatic carbocycles. The lowest BCUT2D eigenvalue weighted by Crippen LogP contribution is -2.26. The van der Waals surface area contributed by atoms with E-state index in [1.165, 1.54) is 12.1 Å². The van der Waals surface area contributed by atoms with Crippen molar-refractivity contribution in [3.05, 3.63) is 51.5 Å². The Labute approximate surface area is 149 Å². The number of nitrogens with zero attached hydrogens (tertiary/aromatic N) is 1. The number of benzene rings is 2. The van der Waals surface area contributed by atoms with Crippen molar-refractivity contribution < 1.29 is 19.4 Å². The number of phenolic OH excluding ortho intramolecular Hbond substituents is 1. The molecule has 0 saturated heterocycles. The van der Waals surface area contributed by atoms with E-state index in [2.05, 4.69) is 15.9 Å². The zero-order valence-electron chi connectivity index (χ0n) is 14.1. The summed E-state index contributed by atoms with van der Waals surface area (Å²) in [7, 11) is 4.89. The number of halogens is 1. The molecule has 1 amide bonds. The average molecular weight is 394 g/mol. The standard InChI is InChI=1S/C18H20BrNO4/c1-11-5-16(23-3)17(24-4)8-13(11)10-20(2)18(22)12-6-14(19)9-15(21)7-12/h5-9,21H,10H2,1-4H3. The predicted molar refractivity (Wildman–Crippen MR) is 95.9 cm³/mol. The van der Waals surface area contributed by atoms with Gasteiger partial charge in [-0.25, -0.2) is 0 Å². The number of ether oxygens (including phenoxy) is 2. The first-order chi connectivity index (χ1) is 11.3. The second-order valence-corrected chi connectivity index (χ2v) is 6.41. The lowest BCUT2D eigenvalue weighted by molar-refractivity contribution is 0.0784. The highest BCUT2D eigenvalue weighted by atomic mass is 79.9. The molecule has 5 nitrogen and oxygen atoms in total. The van der Waals surface area contributed by atoms with E-state index in [-0.39, 0.29) is 11.7 Å². The van der Waals surface area contributed by atoms with Crippen LogP contribution in [0.15, 0.2) is 34.8 Å². The molecule has 24 heavy (non-hydrogen) atoms. The molecule has 0 bridgehead atoms. The second-order valence-electron chi connectivity index (χ2n) is 5.49. The van der Waals surface area contributed by atoms with Crippen LogP contribution in [-0.4, -0.2) is 37.2 Å². The maximum Gasteiger partial charge on any atom is 0.254 e. The Morgan fingerprint density at radius 3 is 2.33 bits per heavy atom. The molecule has 0 aliphatic rings. The van der Waals surface area contributed by atoms with E-state index < -0.39 is 0 Å². The van der Waals surface area contributed by atoms with E-state index in [9.17, 15) is 9.90 Å². The van der Waals surface area contributed by atoms with Crippen molar-refractivity contribution >= 4 is 21.8 Å². The Morgan fingerprint density at radius 2 is 1.75 bits per heavy atom. The normalized spacial score (nSPS) is 10.4. The minimum atomic E-state index is -0.180. The van der Waals surface area contributed by atoms with Gasteiger partial charge in [-0.3, -0.25) is 4.79 Å². The zero-order chi connectivity index (χ0) is 17.9. The quantitative estimate of drug-likeness (QED) is 0.839. The van der Waals surface area contributed by atoms with Crippen LogP contribution < -0.4 is 9.47 Å². The van der Waals surface area contributed by atoms with Gasteiger partial charge in [0.05, 0.1) is 14.2 Å². The topological polar surface area (TPSA) is 59.0 Å². The Bertz CT molecular complexity index is 741. The summed E-state index contributed by atoms with van der Waals surface area (Å²) in [6, 6.07) is 8.42. The molecular weight excluding hydrogens is 374 g/mol. The molecule has 0 aliphatic carbocycles. The number of aryl methyl sites for hydroxylation is 1. The monoisotopic (exact) mass is 393 g/mol. The molecular formula is C18H20BrNO4. The van der Waals surface area contributed by atoms with E-state index in [1.807, 2.05) is 19.1 Å². The van der Waals surface area contributed by atoms with Crippen LogP contribution in [0, 0.1) is 6.92 Å². The number of amides is 1. The summed E-state index contributed by atoms with van der Waals surface area (Å²) in [6.45, 7) is 2.37. The van der Waals surface area contributed by atoms with Gasteiger partial charge in [0.15, 0.2) is 11.5 Å². The van der Waals surface area contributed by atoms with Crippen LogP contribution in [0.4, 0.5) is 0 Å². The third-order valence-corrected chi connectivity index (χ3v) is 4.18. The maximum atomic E-state index is 12.6. The summed E-state index contributed by atoms with van der Waals surface area (Å²) < 4.78 is 11.3. The van der Waals surface area contributed by atoms with Gasteiger partial charge in [-0.1, -0.05) is 15.9 Å². The van der Waals surface area contributed by atoms with Crippen LogP contribution in [0.5, 0.6) is 17.2 Å². The van der Waals surface area contributed by atoms with Crippen LogP contribution in [0.2, 0.25) is 0 Å². The number of phenols is 1. The van der Waals surface area contributed by atoms with Crippen molar-refractivity contribution in [1.29, 1.82) is 0 Å². The highest BCUT2D eigenvalue weighted by Crippen LogP contribution is 2.31. The minimum Gasteiger partial charge on any atom is -0.508 e. The van der Waals surface area contributed by atoms with Crippen molar-refractivity contribution in [2.24, 2.45) is 0 Å². The summed E-state index contributed by atoms with van der Waals surface area (Å²) in [4.78, 5) is 14.2. The molecule has 0 radical (unpaired) electrons. The Morgan fingerprint density at radius 1 is 1.12 bits per heavy atom. The number of hydrogen-bond acceptors (Lipinski definition) is 4. The van der Waals surface area contributed by atoms with Gasteiger partial charge < -0.3 is 19.5 Å². The smallest absolute Gasteiger partial charge is 0.254 e. The predicted octanol–water partition coefficient (Wildman–Crippen LogP) is 3.75. The summed E-state index contributed by atoms with van der Waals surface area (Å²) in [5.74, 6) is 1.15. The number of methoxy groups -OCH3 is 2. The molecule has 0 aliphatic heterocycles. The molecule has 0 fully saturated rings. The summed E-state index contributed by atoms with van der Waals surface area (Å²) >= 11 is 3.28. The van der Waals surface area contributed by atoms with Crippen molar-refractivity contribution in [3.63, 3.8) is 0 Å². The van der Waals surface area contributed by atoms with Gasteiger partial charge in [0.25, 0.3) is 5.91 Å². The van der Waals surface area contributed by atoms with Crippen LogP contribution in [-0.2, 0) is 6.54 Å². The highest BCUT2D eigenvalue weighted by molar-refractivity contribution is 9.10. The molecule has 0 atom stereocenters. The third-order valence-electron chi connectivity index (χ3n) is 3.73. The minimum absolute atomic E-state index is 0.0448. The summed E-state index contributed by atoms with van der Waals surface area (Å²) in [5, 5.41) is 9.65. The largest absolute Gasteiger partial charge is 0.508 e. The van der Waals surface area contributed by atoms with E-state index >= 15 is 0 Å². The van der Waals surface area contributed by atoms with Gasteiger partial charge in [-0.2, -0.15) is 0 Å². The van der Waals surface area contributed by atoms with Crippen LogP contribution >= 0.6 is 15.9 Å². The lowest BCUT2D eigenvalue weighted by Gasteiger charge is -2.20. The first-order valence-electron chi connectivity index (χ1n) is 7.32. The molecule has 0 aromatic heterocycles. The Balaban J connectivity index is 2.25. The van der Waals surface area contributed by atoms with E-state index in [4.69, 9.17) is 9.47 Å². The van der Waals surface area contributed by atoms with E-state index in [1.54, 1.807) is 32.2 Å². The highest BCUT2D eigenvalue weighted by Gasteiger charge is 2.16. The molecule has 0 saturated carbocycles. The van der Waals surface area contributed by atoms with Gasteiger partial charge in [-0.05, 0) is 48.4 Å². The van der Waals surface area contributed by atoms with Crippen molar-refractivity contribution in [3.8, 4) is 17.2 Å². The zero-order valence-corrected chi connectivity index (χ0v) is 15.7. The third kappa shape index (κ3) is 4.00. The van der Waals surface area contributed by atoms with E-state index in [0.29, 0.717) is 28.1 Å². The molecule has 0 unspecified atom stereocenters. The molecule has 6 heteroatoms. The van der Waals surface area contributed by atoms with Crippen molar-refractivity contribution in [2.45, 2.75) is 13.5 Å². The van der Waals surface area contributed by atoms with Gasteiger partial charge in [0, 0.05) is 23.6 Å². The maximum absolute atomic E-state index is 12.6. The number of hydrogen-bond donors (Lipinski definition) is 1. The molecule has 2 aromatic rings. The molecule has 1 N–H and O–H groups in total. The fraction of sp³-hybridized carbons (Fsp3) is 0.278. The number of aromatic hydroxyl groups is 1. The Kier molecular flexibility index (Phi) is 5.72. The van der Waals surface area contributed by atoms with E-state index in [0.717, 1.165) is 11.1 Å². The van der Waals surface area contributed by atoms with Crippen molar-refractivity contribution in [1.82, 2.24) is 4.90 Å². The first kappa shape index (κ1) is 18.1. The summed E-state index contributed by atoms with van der Waals surface area (Å²) in [5.41, 5.74) is 2.38. The van der Waals surface area contributed by atoms with Crippen molar-refractivity contribution in [2.75, 3.05) is 21.3 Å². The van der Waals surface area contributed by atoms with Gasteiger partial charge in [0.1, 0.15) is 5.75 Å². The van der Waals surface area contributed by atoms with Gasteiger partial charge in [0.2, 0.25) is 0 Å². The SMILES string of the molecule is COc1cc(C)c(CN(C)C(=O)c2cc(O)cc(Br)c2)cc1OC. The first-order valence-corrected chi connectivity index (χ1v) is 8.11. The van der Waals surface area contributed by atoms with Gasteiger partial charge in [-0.15, -0.1) is 0 Å². The van der Waals surface area contributed by atoms with Gasteiger partial charge >= 0.3 is 0 Å². The fourth-order valence-electron chi connectivity index (χ4n) is 2.44. The van der Waals surface area contributed by atoms with Crippen LogP contribution in [0.25, 0.3) is 0 Å². The molecule has 0 spiro atoms. The van der Waals surface area contributed by atoms with Crippen LogP contribution in [0.3, 0.4) is 0 Å². The molecule has 128 valence electrons. The average Bonchev–Trinajstić information content (AvgIpc) is 2.54. The lowest BCUT2D eigenvalue weighted by atomic mass is 10.1. The molecule has 2 rings (SSSR count). The second kappa shape index (κ2) is 7.57. The fourth-order valence-corrected chi connectivity index (χ4v) is 2.92. The number of rotatable bonds is 5. The Hall–Kier alpha value is -2.21.